The number of carboxylic acid groups (broad SMARTS) is 1. The van der Waals surface area contributed by atoms with Crippen LogP contribution in [0.25, 0.3) is 6.20 Å². The Kier molecular flexibility index (Phi) is 5.73. The van der Waals surface area contributed by atoms with Crippen molar-refractivity contribution in [2.45, 2.75) is 40.2 Å². The molecule has 0 aliphatic carbocycles. The maximum Gasteiger partial charge on any atom is 0.342 e. The lowest BCUT2D eigenvalue weighted by atomic mass is 10.1. The number of hydrogen-bond acceptors (Lipinski definition) is 4. The summed E-state index contributed by atoms with van der Waals surface area (Å²) < 4.78 is 6.91. The Morgan fingerprint density at radius 1 is 1.50 bits per heavy atom. The molecule has 0 bridgehead atoms. The van der Waals surface area contributed by atoms with Crippen LogP contribution >= 0.6 is 0 Å². The van der Waals surface area contributed by atoms with E-state index in [4.69, 9.17) is 4.74 Å². The number of carbonyl (C=O) groups excluding carboxylic acids is 1. The number of aromatic nitrogens is 2. The van der Waals surface area contributed by atoms with Gasteiger partial charge < -0.3 is 15.2 Å². The van der Waals surface area contributed by atoms with Crippen molar-refractivity contribution in [3.8, 4) is 5.88 Å². The lowest BCUT2D eigenvalue weighted by Crippen LogP contribution is -2.40. The van der Waals surface area contributed by atoms with E-state index < -0.39 is 11.5 Å². The van der Waals surface area contributed by atoms with Crippen molar-refractivity contribution in [3.63, 3.8) is 0 Å². The summed E-state index contributed by atoms with van der Waals surface area (Å²) in [5.74, 6) is -0.821. The fraction of sp³-hybridized carbons (Fsp3) is 0.533. The highest BCUT2D eigenvalue weighted by atomic mass is 16.5. The lowest BCUT2D eigenvalue weighted by Gasteiger charge is -2.21. The molecule has 7 nitrogen and oxygen atoms in total. The molecule has 1 aromatic rings. The van der Waals surface area contributed by atoms with Crippen molar-refractivity contribution >= 4 is 18.1 Å². The second kappa shape index (κ2) is 7.11. The first-order chi connectivity index (χ1) is 10.1. The zero-order valence-electron chi connectivity index (χ0n) is 13.6. The molecular weight excluding hydrogens is 286 g/mol. The van der Waals surface area contributed by atoms with Gasteiger partial charge in [0.2, 0.25) is 11.8 Å². The molecule has 7 heteroatoms. The Labute approximate surface area is 130 Å². The quantitative estimate of drug-likeness (QED) is 0.803. The van der Waals surface area contributed by atoms with Crippen LogP contribution in [-0.2, 0) is 4.79 Å². The number of ether oxygens (including phenoxy) is 1. The predicted molar refractivity (Wildman–Crippen MR) is 82.7 cm³/mol. The molecule has 0 saturated carbocycles. The van der Waals surface area contributed by atoms with Gasteiger partial charge in [0.25, 0.3) is 0 Å². The number of carboxylic acids is 1. The Hall–Kier alpha value is -2.31. The van der Waals surface area contributed by atoms with Gasteiger partial charge in [-0.2, -0.15) is 5.10 Å². The molecular formula is C15H23N3O4. The summed E-state index contributed by atoms with van der Waals surface area (Å²) in [7, 11) is 0. The van der Waals surface area contributed by atoms with E-state index in [-0.39, 0.29) is 23.3 Å². The van der Waals surface area contributed by atoms with Crippen molar-refractivity contribution in [1.82, 2.24) is 15.1 Å². The first-order valence-electron chi connectivity index (χ1n) is 7.04. The lowest BCUT2D eigenvalue weighted by molar-refractivity contribution is -0.120. The molecule has 0 aliphatic heterocycles. The molecule has 0 spiro atoms. The van der Waals surface area contributed by atoms with E-state index in [2.05, 4.69) is 10.4 Å². The van der Waals surface area contributed by atoms with E-state index in [0.717, 1.165) is 0 Å². The minimum absolute atomic E-state index is 0.00244. The molecule has 0 radical (unpaired) electrons. The van der Waals surface area contributed by atoms with Crippen molar-refractivity contribution < 1.29 is 19.4 Å². The molecule has 2 N–H and O–H groups in total. The molecule has 0 unspecified atom stereocenters. The standard InChI is InChI=1S/C15H23N3O4/c1-10(2)9-22-13-12(14(20)21)8-16-18(13)7-6-15(4,5)17-11(3)19/h6-8,10H,9H2,1-5H3,(H,17,19)(H,20,21)/b7-6+. The zero-order valence-corrected chi connectivity index (χ0v) is 13.6. The summed E-state index contributed by atoms with van der Waals surface area (Å²) in [5.41, 5.74) is -0.584. The van der Waals surface area contributed by atoms with Crippen LogP contribution in [0.1, 0.15) is 45.0 Å². The van der Waals surface area contributed by atoms with Crippen LogP contribution in [0.3, 0.4) is 0 Å². The van der Waals surface area contributed by atoms with Gasteiger partial charge in [-0.1, -0.05) is 13.8 Å². The number of hydrogen-bond donors (Lipinski definition) is 2. The van der Waals surface area contributed by atoms with Gasteiger partial charge in [-0.25, -0.2) is 9.48 Å². The van der Waals surface area contributed by atoms with Gasteiger partial charge in [0.1, 0.15) is 5.56 Å². The van der Waals surface area contributed by atoms with Crippen LogP contribution in [0.4, 0.5) is 0 Å². The summed E-state index contributed by atoms with van der Waals surface area (Å²) in [6.45, 7) is 9.40. The number of rotatable bonds is 7. The molecule has 0 saturated heterocycles. The van der Waals surface area contributed by atoms with E-state index in [9.17, 15) is 14.7 Å². The first kappa shape index (κ1) is 17.7. The fourth-order valence-electron chi connectivity index (χ4n) is 1.75. The SMILES string of the molecule is CC(=O)NC(C)(C)/C=C/n1ncc(C(=O)O)c1OCC(C)C. The largest absolute Gasteiger partial charge is 0.477 e. The molecule has 122 valence electrons. The summed E-state index contributed by atoms with van der Waals surface area (Å²) in [6.07, 6.45) is 4.54. The Morgan fingerprint density at radius 2 is 2.14 bits per heavy atom. The van der Waals surface area contributed by atoms with E-state index in [1.165, 1.54) is 17.8 Å². The third kappa shape index (κ3) is 5.23. The maximum atomic E-state index is 11.2. The molecule has 0 aliphatic rings. The summed E-state index contributed by atoms with van der Waals surface area (Å²) in [6, 6.07) is 0. The van der Waals surface area contributed by atoms with Gasteiger partial charge in [0.15, 0.2) is 0 Å². The minimum Gasteiger partial charge on any atom is -0.477 e. The molecule has 22 heavy (non-hydrogen) atoms. The third-order valence-corrected chi connectivity index (χ3v) is 2.66. The van der Waals surface area contributed by atoms with Crippen molar-refractivity contribution in [3.05, 3.63) is 17.8 Å². The number of carbonyl (C=O) groups is 2. The van der Waals surface area contributed by atoms with Crippen LogP contribution < -0.4 is 10.1 Å². The van der Waals surface area contributed by atoms with Crippen LogP contribution in [0.2, 0.25) is 0 Å². The minimum atomic E-state index is -1.10. The Morgan fingerprint density at radius 3 is 2.64 bits per heavy atom. The second-order valence-electron chi connectivity index (χ2n) is 6.04. The highest BCUT2D eigenvalue weighted by molar-refractivity contribution is 5.90. The molecule has 0 fully saturated rings. The molecule has 1 heterocycles. The van der Waals surface area contributed by atoms with Crippen LogP contribution in [0.15, 0.2) is 12.3 Å². The van der Waals surface area contributed by atoms with E-state index in [1.54, 1.807) is 12.3 Å². The van der Waals surface area contributed by atoms with E-state index in [0.29, 0.717) is 6.61 Å². The van der Waals surface area contributed by atoms with Crippen LogP contribution in [0.5, 0.6) is 5.88 Å². The average Bonchev–Trinajstić information content (AvgIpc) is 2.75. The fourth-order valence-corrected chi connectivity index (χ4v) is 1.75. The van der Waals surface area contributed by atoms with E-state index in [1.807, 2.05) is 27.7 Å². The summed E-state index contributed by atoms with van der Waals surface area (Å²) >= 11 is 0. The van der Waals surface area contributed by atoms with Crippen LogP contribution in [0, 0.1) is 5.92 Å². The highest BCUT2D eigenvalue weighted by Gasteiger charge is 2.19. The molecule has 1 aromatic heterocycles. The predicted octanol–water partition coefficient (Wildman–Crippen LogP) is 2.00. The zero-order chi connectivity index (χ0) is 16.9. The molecule has 1 amide bonds. The van der Waals surface area contributed by atoms with E-state index >= 15 is 0 Å². The van der Waals surface area contributed by atoms with Gasteiger partial charge in [-0.15, -0.1) is 0 Å². The highest BCUT2D eigenvalue weighted by Crippen LogP contribution is 2.20. The molecule has 0 atom stereocenters. The third-order valence-electron chi connectivity index (χ3n) is 2.66. The average molecular weight is 309 g/mol. The maximum absolute atomic E-state index is 11.2. The van der Waals surface area contributed by atoms with Crippen molar-refractivity contribution in [1.29, 1.82) is 0 Å². The number of amides is 1. The Bertz CT molecular complexity index is 573. The number of nitrogens with zero attached hydrogens (tertiary/aromatic N) is 2. The van der Waals surface area contributed by atoms with Gasteiger partial charge in [-0.05, 0) is 25.8 Å². The normalized spacial score (nSPS) is 11.9. The summed E-state index contributed by atoms with van der Waals surface area (Å²) in [4.78, 5) is 22.4. The van der Waals surface area contributed by atoms with Gasteiger partial charge in [0, 0.05) is 13.1 Å². The topological polar surface area (TPSA) is 93.5 Å². The first-order valence-corrected chi connectivity index (χ1v) is 7.04. The molecule has 1 rings (SSSR count). The van der Waals surface area contributed by atoms with Gasteiger partial charge in [0.05, 0.1) is 18.3 Å². The molecule has 0 aromatic carbocycles. The van der Waals surface area contributed by atoms with Crippen LogP contribution in [-0.4, -0.2) is 38.9 Å². The van der Waals surface area contributed by atoms with Gasteiger partial charge >= 0.3 is 5.97 Å². The Balaban J connectivity index is 3.03. The van der Waals surface area contributed by atoms with Gasteiger partial charge in [-0.3, -0.25) is 4.79 Å². The van der Waals surface area contributed by atoms with Crippen molar-refractivity contribution in [2.75, 3.05) is 6.61 Å². The monoisotopic (exact) mass is 309 g/mol. The number of aromatic carboxylic acids is 1. The number of nitrogens with one attached hydrogen (secondary N) is 1. The smallest absolute Gasteiger partial charge is 0.342 e. The second-order valence-corrected chi connectivity index (χ2v) is 6.04. The summed E-state index contributed by atoms with van der Waals surface area (Å²) in [5, 5.41) is 16.0. The van der Waals surface area contributed by atoms with Crippen molar-refractivity contribution in [2.24, 2.45) is 5.92 Å².